The minimum absolute atomic E-state index is 0.0506. The van der Waals surface area contributed by atoms with Gasteiger partial charge >= 0.3 is 0 Å². The zero-order chi connectivity index (χ0) is 19.4. The lowest BCUT2D eigenvalue weighted by molar-refractivity contribution is -0.135. The summed E-state index contributed by atoms with van der Waals surface area (Å²) in [4.78, 5) is 14.5. The molecular weight excluding hydrogens is 367 g/mol. The average Bonchev–Trinajstić information content (AvgIpc) is 2.68. The first kappa shape index (κ1) is 19.5. The first-order valence-electron chi connectivity index (χ1n) is 8.92. The number of rotatable bonds is 5. The molecule has 0 saturated carbocycles. The van der Waals surface area contributed by atoms with E-state index in [1.54, 1.807) is 11.9 Å². The van der Waals surface area contributed by atoms with Gasteiger partial charge in [0.15, 0.2) is 0 Å². The first-order valence-corrected chi connectivity index (χ1v) is 10.4. The highest BCUT2D eigenvalue weighted by Crippen LogP contribution is 2.25. The summed E-state index contributed by atoms with van der Waals surface area (Å²) >= 11 is 0. The lowest BCUT2D eigenvalue weighted by Gasteiger charge is -2.33. The van der Waals surface area contributed by atoms with Crippen molar-refractivity contribution in [2.75, 3.05) is 20.1 Å². The molecule has 1 saturated heterocycles. The highest BCUT2D eigenvalue weighted by Gasteiger charge is 2.34. The van der Waals surface area contributed by atoms with Gasteiger partial charge in [-0.05, 0) is 42.7 Å². The van der Waals surface area contributed by atoms with Crippen LogP contribution in [0.4, 0.5) is 4.39 Å². The van der Waals surface area contributed by atoms with Crippen molar-refractivity contribution in [1.82, 2.24) is 9.21 Å². The molecule has 1 heterocycles. The maximum atomic E-state index is 13.1. The fourth-order valence-corrected chi connectivity index (χ4v) is 4.89. The number of piperidine rings is 1. The van der Waals surface area contributed by atoms with Crippen LogP contribution >= 0.6 is 0 Å². The molecular formula is C20H23FN2O3S. The van der Waals surface area contributed by atoms with Crippen LogP contribution in [0.2, 0.25) is 0 Å². The lowest BCUT2D eigenvalue weighted by atomic mass is 9.98. The fraction of sp³-hybridized carbons (Fsp3) is 0.350. The van der Waals surface area contributed by atoms with Crippen LogP contribution in [-0.4, -0.2) is 43.7 Å². The monoisotopic (exact) mass is 390 g/mol. The van der Waals surface area contributed by atoms with E-state index >= 15 is 0 Å². The quantitative estimate of drug-likeness (QED) is 0.789. The maximum Gasteiger partial charge on any atom is 0.243 e. The molecule has 1 amide bonds. The topological polar surface area (TPSA) is 57.7 Å². The molecule has 27 heavy (non-hydrogen) atoms. The number of hydrogen-bond donors (Lipinski definition) is 0. The number of carbonyl (C=O) groups is 1. The predicted molar refractivity (Wildman–Crippen MR) is 101 cm³/mol. The molecule has 5 nitrogen and oxygen atoms in total. The number of benzene rings is 2. The summed E-state index contributed by atoms with van der Waals surface area (Å²) < 4.78 is 40.0. The van der Waals surface area contributed by atoms with E-state index in [2.05, 4.69) is 0 Å². The van der Waals surface area contributed by atoms with Crippen molar-refractivity contribution in [2.45, 2.75) is 24.3 Å². The van der Waals surface area contributed by atoms with Crippen LogP contribution in [0, 0.1) is 11.7 Å². The third-order valence-corrected chi connectivity index (χ3v) is 6.70. The molecule has 0 aromatic heterocycles. The van der Waals surface area contributed by atoms with Crippen LogP contribution in [0.5, 0.6) is 0 Å². The van der Waals surface area contributed by atoms with Crippen LogP contribution in [0.15, 0.2) is 59.5 Å². The van der Waals surface area contributed by atoms with Crippen molar-refractivity contribution in [3.8, 4) is 0 Å². The molecule has 2 aromatic rings. The van der Waals surface area contributed by atoms with Crippen molar-refractivity contribution in [2.24, 2.45) is 5.92 Å². The summed E-state index contributed by atoms with van der Waals surface area (Å²) in [6, 6.07) is 14.5. The van der Waals surface area contributed by atoms with Gasteiger partial charge < -0.3 is 4.90 Å². The summed E-state index contributed by atoms with van der Waals surface area (Å²) in [7, 11) is -2.00. The summed E-state index contributed by atoms with van der Waals surface area (Å²) in [6.45, 7) is 1.00. The highest BCUT2D eigenvalue weighted by atomic mass is 32.2. The van der Waals surface area contributed by atoms with Crippen LogP contribution < -0.4 is 0 Å². The predicted octanol–water partition coefficient (Wildman–Crippen LogP) is 2.89. The van der Waals surface area contributed by atoms with Crippen LogP contribution in [0.25, 0.3) is 0 Å². The fourth-order valence-electron chi connectivity index (χ4n) is 3.36. The van der Waals surface area contributed by atoms with Gasteiger partial charge in [-0.3, -0.25) is 4.79 Å². The van der Waals surface area contributed by atoms with Gasteiger partial charge in [-0.1, -0.05) is 30.3 Å². The van der Waals surface area contributed by atoms with Gasteiger partial charge in [0.2, 0.25) is 15.9 Å². The van der Waals surface area contributed by atoms with E-state index in [0.29, 0.717) is 25.9 Å². The molecule has 144 valence electrons. The van der Waals surface area contributed by atoms with Gasteiger partial charge in [-0.2, -0.15) is 4.31 Å². The Hall–Kier alpha value is -2.25. The van der Waals surface area contributed by atoms with E-state index in [0.717, 1.165) is 17.7 Å². The summed E-state index contributed by atoms with van der Waals surface area (Å²) in [5.41, 5.74) is 1.03. The number of nitrogens with zero attached hydrogens (tertiary/aromatic N) is 2. The normalized spacial score (nSPS) is 18.2. The molecule has 0 bridgehead atoms. The molecule has 3 rings (SSSR count). The van der Waals surface area contributed by atoms with Gasteiger partial charge in [0, 0.05) is 26.7 Å². The van der Waals surface area contributed by atoms with Crippen LogP contribution in [0.3, 0.4) is 0 Å². The average molecular weight is 390 g/mol. The number of sulfonamides is 1. The third kappa shape index (κ3) is 4.54. The van der Waals surface area contributed by atoms with E-state index in [1.165, 1.54) is 16.4 Å². The van der Waals surface area contributed by atoms with E-state index < -0.39 is 15.8 Å². The molecule has 1 atom stereocenters. The minimum atomic E-state index is -3.73. The molecule has 0 unspecified atom stereocenters. The second-order valence-corrected chi connectivity index (χ2v) is 8.77. The summed E-state index contributed by atoms with van der Waals surface area (Å²) in [5.74, 6) is -0.913. The second kappa shape index (κ2) is 8.19. The Bertz CT molecular complexity index is 885. The second-order valence-electron chi connectivity index (χ2n) is 6.84. The van der Waals surface area contributed by atoms with Crippen molar-refractivity contribution >= 4 is 15.9 Å². The highest BCUT2D eigenvalue weighted by molar-refractivity contribution is 7.89. The molecule has 0 spiro atoms. The van der Waals surface area contributed by atoms with Crippen molar-refractivity contribution < 1.29 is 17.6 Å². The zero-order valence-corrected chi connectivity index (χ0v) is 16.0. The van der Waals surface area contributed by atoms with Gasteiger partial charge in [0.05, 0.1) is 10.8 Å². The zero-order valence-electron chi connectivity index (χ0n) is 15.2. The van der Waals surface area contributed by atoms with E-state index in [9.17, 15) is 17.6 Å². The number of carbonyl (C=O) groups excluding carboxylic acids is 1. The molecule has 2 aromatic carbocycles. The maximum absolute atomic E-state index is 13.1. The molecule has 1 aliphatic rings. The van der Waals surface area contributed by atoms with Crippen molar-refractivity contribution in [1.29, 1.82) is 0 Å². The molecule has 0 radical (unpaired) electrons. The van der Waals surface area contributed by atoms with Gasteiger partial charge in [0.1, 0.15) is 5.82 Å². The molecule has 0 aliphatic carbocycles. The molecule has 1 aliphatic heterocycles. The van der Waals surface area contributed by atoms with Crippen LogP contribution in [0.1, 0.15) is 18.4 Å². The largest absolute Gasteiger partial charge is 0.341 e. The number of halogens is 1. The summed E-state index contributed by atoms with van der Waals surface area (Å²) in [6.07, 6.45) is 1.28. The number of hydrogen-bond acceptors (Lipinski definition) is 3. The van der Waals surface area contributed by atoms with E-state index in [4.69, 9.17) is 0 Å². The Morgan fingerprint density at radius 3 is 2.48 bits per heavy atom. The third-order valence-electron chi connectivity index (χ3n) is 4.82. The Balaban J connectivity index is 1.69. The first-order chi connectivity index (χ1) is 12.9. The van der Waals surface area contributed by atoms with Crippen molar-refractivity contribution in [3.63, 3.8) is 0 Å². The molecule has 7 heteroatoms. The Labute approximate surface area is 159 Å². The van der Waals surface area contributed by atoms with Crippen LogP contribution in [-0.2, 0) is 21.4 Å². The molecule has 0 N–H and O–H groups in total. The Morgan fingerprint density at radius 2 is 1.81 bits per heavy atom. The van der Waals surface area contributed by atoms with E-state index in [1.807, 2.05) is 30.3 Å². The van der Waals surface area contributed by atoms with E-state index in [-0.39, 0.29) is 23.3 Å². The molecule has 1 fully saturated rings. The summed E-state index contributed by atoms with van der Waals surface area (Å²) in [5, 5.41) is 0. The van der Waals surface area contributed by atoms with Gasteiger partial charge in [-0.15, -0.1) is 0 Å². The SMILES string of the molecule is CN(Cc1ccccc1)C(=O)[C@H]1CCCN(S(=O)(=O)c2ccc(F)cc2)C1. The Kier molecular flexibility index (Phi) is 5.92. The standard InChI is InChI=1S/C20H23FN2O3S/c1-22(14-16-6-3-2-4-7-16)20(24)17-8-5-13-23(15-17)27(25,26)19-11-9-18(21)10-12-19/h2-4,6-7,9-12,17H,5,8,13-15H2,1H3/t17-/m0/s1. The smallest absolute Gasteiger partial charge is 0.243 e. The van der Waals surface area contributed by atoms with Crippen molar-refractivity contribution in [3.05, 3.63) is 66.0 Å². The lowest BCUT2D eigenvalue weighted by Crippen LogP contribution is -2.45. The van der Waals surface area contributed by atoms with Gasteiger partial charge in [-0.25, -0.2) is 12.8 Å². The Morgan fingerprint density at radius 1 is 1.15 bits per heavy atom. The van der Waals surface area contributed by atoms with Gasteiger partial charge in [0.25, 0.3) is 0 Å². The number of amides is 1. The minimum Gasteiger partial charge on any atom is -0.341 e.